The Morgan fingerprint density at radius 1 is 1.33 bits per heavy atom. The van der Waals surface area contributed by atoms with E-state index in [0.717, 1.165) is 11.1 Å². The average molecular weight is 204 g/mol. The topological polar surface area (TPSA) is 50.4 Å². The molecule has 0 bridgehead atoms. The number of fused-ring (bicyclic) bond motifs is 1. The fraction of sp³-hybridized carbons (Fsp3) is 0.250. The monoisotopic (exact) mass is 204 g/mol. The summed E-state index contributed by atoms with van der Waals surface area (Å²) in [6.45, 7) is 3.51. The smallest absolute Gasteiger partial charge is 0.336 e. The van der Waals surface area contributed by atoms with Crippen molar-refractivity contribution in [2.45, 2.75) is 19.4 Å². The Morgan fingerprint density at radius 2 is 2.00 bits per heavy atom. The molecule has 0 amide bonds. The highest BCUT2D eigenvalue weighted by Gasteiger charge is 2.16. The molecule has 78 valence electrons. The molecule has 15 heavy (non-hydrogen) atoms. The van der Waals surface area contributed by atoms with Crippen LogP contribution in [-0.4, -0.2) is 10.7 Å². The summed E-state index contributed by atoms with van der Waals surface area (Å²) in [5.41, 5.74) is 0.318. The summed E-state index contributed by atoms with van der Waals surface area (Å²) in [7, 11) is 0. The highest BCUT2D eigenvalue weighted by atomic mass is 16.4. The Morgan fingerprint density at radius 3 is 2.73 bits per heavy atom. The van der Waals surface area contributed by atoms with Crippen molar-refractivity contribution in [3.05, 3.63) is 45.5 Å². The third kappa shape index (κ3) is 1.92. The van der Waals surface area contributed by atoms with Crippen LogP contribution in [0.15, 0.2) is 27.4 Å². The summed E-state index contributed by atoms with van der Waals surface area (Å²) >= 11 is 0. The van der Waals surface area contributed by atoms with Crippen molar-refractivity contribution in [3.8, 4) is 0 Å². The van der Waals surface area contributed by atoms with Crippen LogP contribution >= 0.6 is 0 Å². The van der Waals surface area contributed by atoms with Gasteiger partial charge in [0.15, 0.2) is 0 Å². The first-order valence-electron chi connectivity index (χ1n) is 4.73. The molecule has 1 aliphatic carbocycles. The number of aryl methyl sites for hydroxylation is 1. The minimum atomic E-state index is -0.996. The van der Waals surface area contributed by atoms with E-state index in [1.165, 1.54) is 6.07 Å². The van der Waals surface area contributed by atoms with E-state index in [4.69, 9.17) is 4.42 Å². The van der Waals surface area contributed by atoms with Crippen molar-refractivity contribution in [1.82, 2.24) is 0 Å². The summed E-state index contributed by atoms with van der Waals surface area (Å²) in [6.07, 6.45) is 6.66. The first-order valence-corrected chi connectivity index (χ1v) is 4.73. The van der Waals surface area contributed by atoms with Crippen molar-refractivity contribution in [2.75, 3.05) is 0 Å². The van der Waals surface area contributed by atoms with E-state index in [0.29, 0.717) is 5.76 Å². The molecule has 0 aliphatic heterocycles. The lowest BCUT2D eigenvalue weighted by Gasteiger charge is -2.10. The lowest BCUT2D eigenvalue weighted by molar-refractivity contribution is 0.166. The molecule has 1 aromatic heterocycles. The first kappa shape index (κ1) is 9.93. The van der Waals surface area contributed by atoms with E-state index >= 15 is 0 Å². The van der Waals surface area contributed by atoms with Gasteiger partial charge in [0.2, 0.25) is 0 Å². The summed E-state index contributed by atoms with van der Waals surface area (Å²) in [4.78, 5) is 11.1. The Labute approximate surface area is 87.4 Å². The molecule has 0 saturated heterocycles. The van der Waals surface area contributed by atoms with Gasteiger partial charge in [-0.3, -0.25) is 0 Å². The zero-order chi connectivity index (χ0) is 11.1. The van der Waals surface area contributed by atoms with Gasteiger partial charge >= 0.3 is 5.63 Å². The zero-order valence-corrected chi connectivity index (χ0v) is 8.65. The van der Waals surface area contributed by atoms with Crippen LogP contribution in [0, 0.1) is 6.92 Å². The Hall–Kier alpha value is -1.61. The van der Waals surface area contributed by atoms with Gasteiger partial charge in [0.25, 0.3) is 0 Å². The molecule has 1 unspecified atom stereocenters. The van der Waals surface area contributed by atoms with Gasteiger partial charge in [-0.1, -0.05) is 6.08 Å². The van der Waals surface area contributed by atoms with Crippen molar-refractivity contribution < 1.29 is 9.52 Å². The van der Waals surface area contributed by atoms with Crippen LogP contribution in [0.2, 0.25) is 0 Å². The quantitative estimate of drug-likeness (QED) is 0.700. The van der Waals surface area contributed by atoms with Crippen LogP contribution in [-0.2, 0) is 0 Å². The SMILES string of the molecule is Cc1cc(=O)oc2c1C=CC(C)(O)C=C2. The van der Waals surface area contributed by atoms with Crippen molar-refractivity contribution >= 4 is 12.2 Å². The van der Waals surface area contributed by atoms with E-state index in [2.05, 4.69) is 0 Å². The minimum Gasteiger partial charge on any atom is -0.423 e. The molecule has 1 atom stereocenters. The van der Waals surface area contributed by atoms with Gasteiger partial charge in [-0.15, -0.1) is 0 Å². The van der Waals surface area contributed by atoms with Gasteiger partial charge in [-0.2, -0.15) is 0 Å². The third-order valence-electron chi connectivity index (χ3n) is 2.39. The van der Waals surface area contributed by atoms with Crippen LogP contribution in [0.25, 0.3) is 12.2 Å². The molecule has 0 spiro atoms. The van der Waals surface area contributed by atoms with Crippen LogP contribution in [0.3, 0.4) is 0 Å². The second kappa shape index (κ2) is 3.21. The molecule has 0 fully saturated rings. The fourth-order valence-corrected chi connectivity index (χ4v) is 1.53. The molecule has 1 aliphatic rings. The van der Waals surface area contributed by atoms with E-state index < -0.39 is 5.60 Å². The minimum absolute atomic E-state index is 0.370. The van der Waals surface area contributed by atoms with Gasteiger partial charge in [0.1, 0.15) is 5.76 Å². The van der Waals surface area contributed by atoms with Crippen LogP contribution in [0.5, 0.6) is 0 Å². The Kier molecular flexibility index (Phi) is 2.12. The molecule has 1 N–H and O–H groups in total. The first-order chi connectivity index (χ1) is 6.98. The number of hydrogen-bond acceptors (Lipinski definition) is 3. The Bertz CT molecular complexity index is 504. The summed E-state index contributed by atoms with van der Waals surface area (Å²) in [5, 5.41) is 9.79. The van der Waals surface area contributed by atoms with E-state index in [-0.39, 0.29) is 5.63 Å². The third-order valence-corrected chi connectivity index (χ3v) is 2.39. The van der Waals surface area contributed by atoms with Gasteiger partial charge in [0, 0.05) is 11.6 Å². The molecule has 2 rings (SSSR count). The molecule has 1 aromatic rings. The summed E-state index contributed by atoms with van der Waals surface area (Å²) < 4.78 is 5.05. The van der Waals surface area contributed by atoms with Crippen LogP contribution < -0.4 is 5.63 Å². The summed E-state index contributed by atoms with van der Waals surface area (Å²) in [6, 6.07) is 1.44. The van der Waals surface area contributed by atoms with E-state index in [1.54, 1.807) is 31.2 Å². The second-order valence-corrected chi connectivity index (χ2v) is 3.92. The maximum absolute atomic E-state index is 11.1. The largest absolute Gasteiger partial charge is 0.423 e. The van der Waals surface area contributed by atoms with E-state index in [9.17, 15) is 9.90 Å². The molecule has 3 nitrogen and oxygen atoms in total. The predicted octanol–water partition coefficient (Wildman–Crippen LogP) is 1.74. The molecule has 0 saturated carbocycles. The van der Waals surface area contributed by atoms with Gasteiger partial charge in [-0.25, -0.2) is 4.79 Å². The molecular formula is C12H12O3. The van der Waals surface area contributed by atoms with Crippen molar-refractivity contribution in [2.24, 2.45) is 0 Å². The number of aliphatic hydroxyl groups is 1. The predicted molar refractivity (Wildman–Crippen MR) is 58.4 cm³/mol. The standard InChI is InChI=1S/C12H12O3/c1-8-7-11(13)15-10-4-6-12(2,14)5-3-9(8)10/h3-7,14H,1-2H3. The normalized spacial score (nSPS) is 23.7. The maximum Gasteiger partial charge on any atom is 0.336 e. The van der Waals surface area contributed by atoms with Crippen molar-refractivity contribution in [3.63, 3.8) is 0 Å². The zero-order valence-electron chi connectivity index (χ0n) is 8.65. The highest BCUT2D eigenvalue weighted by molar-refractivity contribution is 5.67. The van der Waals surface area contributed by atoms with Gasteiger partial charge in [-0.05, 0) is 37.6 Å². The lowest BCUT2D eigenvalue weighted by atomic mass is 10.1. The average Bonchev–Trinajstić information content (AvgIpc) is 2.26. The van der Waals surface area contributed by atoms with Crippen LogP contribution in [0.1, 0.15) is 23.8 Å². The summed E-state index contributed by atoms with van der Waals surface area (Å²) in [5.74, 6) is 0.494. The molecular weight excluding hydrogens is 192 g/mol. The molecule has 3 heteroatoms. The second-order valence-electron chi connectivity index (χ2n) is 3.92. The molecule has 0 aromatic carbocycles. The van der Waals surface area contributed by atoms with E-state index in [1.807, 2.05) is 6.92 Å². The molecule has 0 radical (unpaired) electrons. The van der Waals surface area contributed by atoms with Gasteiger partial charge < -0.3 is 9.52 Å². The van der Waals surface area contributed by atoms with Crippen molar-refractivity contribution in [1.29, 1.82) is 0 Å². The fourth-order valence-electron chi connectivity index (χ4n) is 1.53. The maximum atomic E-state index is 11.1. The Balaban J connectivity index is 2.68. The lowest BCUT2D eigenvalue weighted by Crippen LogP contribution is -2.15. The van der Waals surface area contributed by atoms with Crippen LogP contribution in [0.4, 0.5) is 0 Å². The number of rotatable bonds is 0. The van der Waals surface area contributed by atoms with Gasteiger partial charge in [0.05, 0.1) is 5.60 Å². The number of hydrogen-bond donors (Lipinski definition) is 1. The molecule has 1 heterocycles. The highest BCUT2D eigenvalue weighted by Crippen LogP contribution is 2.23.